The van der Waals surface area contributed by atoms with Crippen LogP contribution in [0.5, 0.6) is 0 Å². The van der Waals surface area contributed by atoms with Gasteiger partial charge in [-0.2, -0.15) is 4.98 Å². The van der Waals surface area contributed by atoms with Crippen molar-refractivity contribution in [3.63, 3.8) is 0 Å². The highest BCUT2D eigenvalue weighted by molar-refractivity contribution is 7.99. The summed E-state index contributed by atoms with van der Waals surface area (Å²) in [7, 11) is 0. The van der Waals surface area contributed by atoms with Crippen LogP contribution in [0.3, 0.4) is 0 Å². The highest BCUT2D eigenvalue weighted by atomic mass is 32.2. The van der Waals surface area contributed by atoms with Gasteiger partial charge in [0, 0.05) is 24.6 Å². The summed E-state index contributed by atoms with van der Waals surface area (Å²) in [6.07, 6.45) is 3.75. The van der Waals surface area contributed by atoms with Crippen LogP contribution in [0, 0.1) is 0 Å². The Kier molecular flexibility index (Phi) is 2.82. The Hall–Kier alpha value is -1.63. The van der Waals surface area contributed by atoms with E-state index in [1.807, 2.05) is 0 Å². The molecule has 0 atom stereocenters. The fourth-order valence-electron chi connectivity index (χ4n) is 1.02. The van der Waals surface area contributed by atoms with E-state index in [9.17, 15) is 4.79 Å². The van der Waals surface area contributed by atoms with Gasteiger partial charge in [-0.25, -0.2) is 9.50 Å². The Bertz CT molecular complexity index is 450. The minimum atomic E-state index is -0.315. The first-order valence-corrected chi connectivity index (χ1v) is 5.33. The second-order valence-corrected chi connectivity index (χ2v) is 3.89. The predicted octanol–water partition coefficient (Wildman–Crippen LogP) is 0.0918. The van der Waals surface area contributed by atoms with E-state index in [2.05, 4.69) is 15.1 Å². The first kappa shape index (κ1) is 9.91. The van der Waals surface area contributed by atoms with Crippen LogP contribution in [0.1, 0.15) is 6.42 Å². The molecule has 2 aromatic rings. The monoisotopic (exact) mass is 223 g/mol. The van der Waals surface area contributed by atoms with Crippen LogP contribution in [-0.4, -0.2) is 31.2 Å². The predicted molar refractivity (Wildman–Crippen MR) is 55.3 cm³/mol. The normalized spacial score (nSPS) is 10.7. The van der Waals surface area contributed by atoms with Crippen molar-refractivity contribution in [1.82, 2.24) is 19.6 Å². The van der Waals surface area contributed by atoms with E-state index in [0.717, 1.165) is 0 Å². The third-order valence-corrected chi connectivity index (χ3v) is 2.52. The number of hydrogen-bond donors (Lipinski definition) is 1. The van der Waals surface area contributed by atoms with Crippen molar-refractivity contribution in [3.8, 4) is 0 Å². The largest absolute Gasteiger partial charge is 0.370 e. The number of nitrogens with zero attached hydrogens (tertiary/aromatic N) is 4. The second kappa shape index (κ2) is 4.26. The summed E-state index contributed by atoms with van der Waals surface area (Å²) < 4.78 is 1.59. The molecule has 0 saturated carbocycles. The van der Waals surface area contributed by atoms with Crippen LogP contribution in [0.4, 0.5) is 0 Å². The summed E-state index contributed by atoms with van der Waals surface area (Å²) in [6.45, 7) is 0. The minimum absolute atomic E-state index is 0.315. The van der Waals surface area contributed by atoms with Crippen molar-refractivity contribution in [2.45, 2.75) is 11.6 Å². The van der Waals surface area contributed by atoms with E-state index in [-0.39, 0.29) is 5.91 Å². The molecular formula is C8H9N5OS. The van der Waals surface area contributed by atoms with Crippen LogP contribution >= 0.6 is 11.8 Å². The lowest BCUT2D eigenvalue weighted by Gasteiger charge is -1.91. The van der Waals surface area contributed by atoms with Crippen molar-refractivity contribution in [3.05, 3.63) is 18.5 Å². The van der Waals surface area contributed by atoms with Crippen LogP contribution in [0.25, 0.3) is 5.78 Å². The smallest absolute Gasteiger partial charge is 0.253 e. The molecule has 0 aliphatic carbocycles. The molecule has 0 aliphatic rings. The first-order chi connectivity index (χ1) is 7.25. The Morgan fingerprint density at radius 3 is 3.20 bits per heavy atom. The number of carbonyl (C=O) groups is 1. The fraction of sp³-hybridized carbons (Fsp3) is 0.250. The average Bonchev–Trinajstić information content (AvgIpc) is 2.59. The summed E-state index contributed by atoms with van der Waals surface area (Å²) in [6, 6.07) is 1.78. The van der Waals surface area contributed by atoms with Gasteiger partial charge in [0.05, 0.1) is 0 Å². The van der Waals surface area contributed by atoms with Gasteiger partial charge in [0.25, 0.3) is 5.78 Å². The lowest BCUT2D eigenvalue weighted by atomic mass is 10.5. The summed E-state index contributed by atoms with van der Waals surface area (Å²) >= 11 is 1.39. The van der Waals surface area contributed by atoms with E-state index < -0.39 is 0 Å². The zero-order chi connectivity index (χ0) is 10.7. The van der Waals surface area contributed by atoms with Gasteiger partial charge >= 0.3 is 0 Å². The molecule has 0 aliphatic heterocycles. The number of rotatable bonds is 4. The van der Waals surface area contributed by atoms with Gasteiger partial charge in [-0.05, 0) is 6.07 Å². The summed E-state index contributed by atoms with van der Waals surface area (Å²) in [5.74, 6) is 0.829. The van der Waals surface area contributed by atoms with Crippen molar-refractivity contribution >= 4 is 23.4 Å². The Morgan fingerprint density at radius 1 is 1.60 bits per heavy atom. The molecule has 0 bridgehead atoms. The molecule has 0 unspecified atom stereocenters. The van der Waals surface area contributed by atoms with Crippen molar-refractivity contribution in [1.29, 1.82) is 0 Å². The molecule has 2 N–H and O–H groups in total. The zero-order valence-corrected chi connectivity index (χ0v) is 8.65. The second-order valence-electron chi connectivity index (χ2n) is 2.82. The molecule has 1 amide bonds. The van der Waals surface area contributed by atoms with Gasteiger partial charge in [0.1, 0.15) is 0 Å². The lowest BCUT2D eigenvalue weighted by molar-refractivity contribution is -0.117. The van der Waals surface area contributed by atoms with E-state index in [0.29, 0.717) is 23.1 Å². The quantitative estimate of drug-likeness (QED) is 0.742. The summed E-state index contributed by atoms with van der Waals surface area (Å²) in [4.78, 5) is 18.7. The first-order valence-electron chi connectivity index (χ1n) is 4.34. The molecule has 78 valence electrons. The summed E-state index contributed by atoms with van der Waals surface area (Å²) in [5.41, 5.74) is 5.02. The minimum Gasteiger partial charge on any atom is -0.370 e. The van der Waals surface area contributed by atoms with Gasteiger partial charge in [-0.3, -0.25) is 4.79 Å². The molecule has 0 aromatic carbocycles. The highest BCUT2D eigenvalue weighted by Crippen LogP contribution is 2.13. The highest BCUT2D eigenvalue weighted by Gasteiger charge is 2.04. The molecule has 2 heterocycles. The van der Waals surface area contributed by atoms with E-state index in [4.69, 9.17) is 5.73 Å². The molecule has 15 heavy (non-hydrogen) atoms. The van der Waals surface area contributed by atoms with Gasteiger partial charge in [0.15, 0.2) is 0 Å². The fourth-order valence-corrected chi connectivity index (χ4v) is 1.80. The SMILES string of the molecule is NC(=O)CCSc1nc2ncccn2n1. The molecule has 0 spiro atoms. The van der Waals surface area contributed by atoms with Crippen molar-refractivity contribution < 1.29 is 4.79 Å². The lowest BCUT2D eigenvalue weighted by Crippen LogP contribution is -2.10. The molecule has 0 fully saturated rings. The number of carbonyl (C=O) groups excluding carboxylic acids is 1. The maximum absolute atomic E-state index is 10.5. The molecule has 7 heteroatoms. The number of primary amides is 1. The molecule has 0 radical (unpaired) electrons. The average molecular weight is 223 g/mol. The number of fused-ring (bicyclic) bond motifs is 1. The van der Waals surface area contributed by atoms with Gasteiger partial charge in [-0.1, -0.05) is 11.8 Å². The Balaban J connectivity index is 2.05. The third-order valence-electron chi connectivity index (χ3n) is 1.68. The maximum Gasteiger partial charge on any atom is 0.253 e. The van der Waals surface area contributed by atoms with Gasteiger partial charge in [-0.15, -0.1) is 5.10 Å². The maximum atomic E-state index is 10.5. The number of aromatic nitrogens is 4. The number of thioether (sulfide) groups is 1. The van der Waals surface area contributed by atoms with Crippen molar-refractivity contribution in [2.75, 3.05) is 5.75 Å². The zero-order valence-electron chi connectivity index (χ0n) is 7.83. The third kappa shape index (κ3) is 2.44. The number of amides is 1. The van der Waals surface area contributed by atoms with Crippen LogP contribution in [0.15, 0.2) is 23.6 Å². The summed E-state index contributed by atoms with van der Waals surface area (Å²) in [5, 5.41) is 4.77. The molecular weight excluding hydrogens is 214 g/mol. The van der Waals surface area contributed by atoms with Crippen LogP contribution in [0.2, 0.25) is 0 Å². The van der Waals surface area contributed by atoms with E-state index >= 15 is 0 Å². The Morgan fingerprint density at radius 2 is 2.47 bits per heavy atom. The number of hydrogen-bond acceptors (Lipinski definition) is 5. The molecule has 2 rings (SSSR count). The van der Waals surface area contributed by atoms with Crippen LogP contribution < -0.4 is 5.73 Å². The van der Waals surface area contributed by atoms with Gasteiger partial charge < -0.3 is 5.73 Å². The van der Waals surface area contributed by atoms with E-state index in [1.54, 1.807) is 23.0 Å². The number of nitrogens with two attached hydrogens (primary N) is 1. The van der Waals surface area contributed by atoms with Crippen molar-refractivity contribution in [2.24, 2.45) is 5.73 Å². The van der Waals surface area contributed by atoms with E-state index in [1.165, 1.54) is 11.8 Å². The molecule has 0 saturated heterocycles. The molecule has 6 nitrogen and oxygen atoms in total. The van der Waals surface area contributed by atoms with Crippen LogP contribution in [-0.2, 0) is 4.79 Å². The topological polar surface area (TPSA) is 86.2 Å². The standard InChI is InChI=1S/C8H9N5OS/c9-6(14)2-5-15-8-11-7-10-3-1-4-13(7)12-8/h1,3-4H,2,5H2,(H2,9,14). The molecule has 2 aromatic heterocycles. The van der Waals surface area contributed by atoms with Gasteiger partial charge in [0.2, 0.25) is 11.1 Å². The Labute approximate surface area is 89.9 Å².